The fourth-order valence-electron chi connectivity index (χ4n) is 4.24. The van der Waals surface area contributed by atoms with Crippen LogP contribution in [0.5, 0.6) is 11.5 Å². The summed E-state index contributed by atoms with van der Waals surface area (Å²) in [6, 6.07) is 10.9. The van der Waals surface area contributed by atoms with Gasteiger partial charge < -0.3 is 24.5 Å². The van der Waals surface area contributed by atoms with E-state index in [1.54, 1.807) is 39.3 Å². The van der Waals surface area contributed by atoms with Crippen molar-refractivity contribution < 1.29 is 37.5 Å². The van der Waals surface area contributed by atoms with Crippen LogP contribution in [0.25, 0.3) is 11.4 Å². The normalized spacial score (nSPS) is 14.9. The highest BCUT2D eigenvalue weighted by Crippen LogP contribution is 2.32. The van der Waals surface area contributed by atoms with Gasteiger partial charge in [-0.25, -0.2) is 20.8 Å². The van der Waals surface area contributed by atoms with Crippen LogP contribution in [0, 0.1) is 34.3 Å². The highest BCUT2D eigenvalue weighted by molar-refractivity contribution is 7.71. The van der Waals surface area contributed by atoms with Crippen molar-refractivity contribution in [2.45, 2.75) is 19.7 Å². The zero-order valence-electron chi connectivity index (χ0n) is 24.4. The maximum atomic E-state index is 12.5. The molecule has 4 N–H and O–H groups in total. The van der Waals surface area contributed by atoms with Gasteiger partial charge in [0.1, 0.15) is 29.0 Å². The zero-order valence-corrected chi connectivity index (χ0v) is 25.3. The number of carbonyl (C=O) groups excluding carboxylic acids is 1. The maximum absolute atomic E-state index is 12.5. The van der Waals surface area contributed by atoms with E-state index in [0.29, 0.717) is 32.9 Å². The van der Waals surface area contributed by atoms with Crippen molar-refractivity contribution >= 4 is 33.2 Å². The Labute approximate surface area is 262 Å². The predicted molar refractivity (Wildman–Crippen MR) is 161 cm³/mol. The van der Waals surface area contributed by atoms with Crippen LogP contribution >= 0.6 is 0 Å². The lowest BCUT2D eigenvalue weighted by molar-refractivity contribution is -0.420. The lowest BCUT2D eigenvalue weighted by Gasteiger charge is -2.32. The zero-order chi connectivity index (χ0) is 33.7. The van der Waals surface area contributed by atoms with E-state index in [0.717, 1.165) is 0 Å². The second kappa shape index (κ2) is 13.7. The van der Waals surface area contributed by atoms with E-state index < -0.39 is 50.7 Å². The highest BCUT2D eigenvalue weighted by atomic mass is 32.2. The van der Waals surface area contributed by atoms with Gasteiger partial charge in [-0.15, -0.1) is 0 Å². The Kier molecular flexibility index (Phi) is 9.79. The van der Waals surface area contributed by atoms with E-state index in [9.17, 15) is 38.5 Å². The van der Waals surface area contributed by atoms with Crippen molar-refractivity contribution in [3.05, 3.63) is 87.2 Å². The van der Waals surface area contributed by atoms with Gasteiger partial charge in [0, 0.05) is 32.1 Å². The van der Waals surface area contributed by atoms with Crippen molar-refractivity contribution in [3.63, 3.8) is 0 Å². The molecule has 1 aliphatic heterocycles. The monoisotopic (exact) mass is 650 g/mol. The molecule has 1 aromatic heterocycles. The van der Waals surface area contributed by atoms with E-state index in [4.69, 9.17) is 15.3 Å². The molecule has 4 rings (SSSR count). The van der Waals surface area contributed by atoms with Crippen LogP contribution in [0.3, 0.4) is 0 Å². The van der Waals surface area contributed by atoms with E-state index >= 15 is 0 Å². The highest BCUT2D eigenvalue weighted by Gasteiger charge is 2.44. The number of carbonyl (C=O) groups is 2. The topological polar surface area (TPSA) is 247 Å². The second-order valence-electron chi connectivity index (χ2n) is 9.95. The molecule has 2 heterocycles. The summed E-state index contributed by atoms with van der Waals surface area (Å²) in [6.45, 7) is 1.63. The number of hydrogen-bond acceptors (Lipinski definition) is 13. The molecule has 0 radical (unpaired) electrons. The minimum absolute atomic E-state index is 0.0686. The number of ether oxygens (including phenoxy) is 2. The van der Waals surface area contributed by atoms with E-state index in [1.165, 1.54) is 35.4 Å². The summed E-state index contributed by atoms with van der Waals surface area (Å²) in [5.74, 6) is 1.70. The van der Waals surface area contributed by atoms with Crippen LogP contribution in [0.1, 0.15) is 16.7 Å². The van der Waals surface area contributed by atoms with Gasteiger partial charge in [-0.3, -0.25) is 19.7 Å². The molecule has 17 nitrogen and oxygen atoms in total. The predicted octanol–water partition coefficient (Wildman–Crippen LogP) is 1.09. The third-order valence-corrected chi connectivity index (χ3v) is 7.01. The van der Waals surface area contributed by atoms with Gasteiger partial charge in [-0.2, -0.15) is 13.7 Å². The standard InChI is InChI=1S/C28H26N8O9S/c1-15-4-5-16(13-29)10-21(15)45-28-33-23(20(27(38)39)14-46(42)43)24(36(40)41)26(35(28)30)44-19-9-17(11-22(37)34(2)3)8-18(12-19)25-31-6-7-32-25/h4-10,12,14,20,28H,11,30H2,1-3H3,(H,31,32)(H,38,39). The fraction of sp³-hybridized carbons (Fsp3) is 0.214. The summed E-state index contributed by atoms with van der Waals surface area (Å²) in [5.41, 5.74) is -0.365. The van der Waals surface area contributed by atoms with E-state index in [-0.39, 0.29) is 29.4 Å². The molecule has 2 atom stereocenters. The van der Waals surface area contributed by atoms with Crippen molar-refractivity contribution in [3.8, 4) is 29.0 Å². The van der Waals surface area contributed by atoms with Gasteiger partial charge >= 0.3 is 11.7 Å². The number of imidazole rings is 1. The number of aromatic nitrogens is 2. The Morgan fingerprint density at radius 1 is 1.30 bits per heavy atom. The molecule has 0 bridgehead atoms. The molecule has 2 aromatic carbocycles. The number of allylic oxidation sites excluding steroid dienone is 1. The first kappa shape index (κ1) is 32.8. The number of amides is 1. The summed E-state index contributed by atoms with van der Waals surface area (Å²) >= 11 is 0. The molecule has 46 heavy (non-hydrogen) atoms. The number of carboxylic acid groups (broad SMARTS) is 1. The van der Waals surface area contributed by atoms with Crippen LogP contribution in [0.15, 0.2) is 65.4 Å². The molecule has 18 heteroatoms. The molecule has 0 saturated heterocycles. The van der Waals surface area contributed by atoms with Gasteiger partial charge in [0.15, 0.2) is 0 Å². The Bertz CT molecular complexity index is 1940. The Balaban J connectivity index is 1.92. The quantitative estimate of drug-likeness (QED) is 0.114. The molecule has 0 aliphatic carbocycles. The first-order chi connectivity index (χ1) is 21.8. The summed E-state index contributed by atoms with van der Waals surface area (Å²) in [5, 5.41) is 32.6. The third kappa shape index (κ3) is 7.35. The summed E-state index contributed by atoms with van der Waals surface area (Å²) in [7, 11) is 0.0507. The number of aromatic amines is 1. The molecule has 2 unspecified atom stereocenters. The molecular weight excluding hydrogens is 624 g/mol. The van der Waals surface area contributed by atoms with Crippen molar-refractivity contribution in [2.24, 2.45) is 16.8 Å². The number of likely N-dealkylation sites (N-methyl/N-ethyl adjacent to an activating group) is 1. The first-order valence-corrected chi connectivity index (χ1v) is 14.3. The number of aliphatic imine (C=N–C) groups is 1. The number of nitrogens with zero attached hydrogens (tertiary/aromatic N) is 6. The third-order valence-electron chi connectivity index (χ3n) is 6.51. The average Bonchev–Trinajstić information content (AvgIpc) is 3.53. The summed E-state index contributed by atoms with van der Waals surface area (Å²) in [6.07, 6.45) is 1.21. The van der Waals surface area contributed by atoms with Crippen molar-refractivity contribution in [1.29, 1.82) is 5.26 Å². The molecule has 0 spiro atoms. The number of aliphatic carboxylic acids is 1. The summed E-state index contributed by atoms with van der Waals surface area (Å²) < 4.78 is 35.0. The van der Waals surface area contributed by atoms with Gasteiger partial charge in [0.25, 0.3) is 12.2 Å². The number of nitriles is 1. The first-order valence-electron chi connectivity index (χ1n) is 13.1. The number of rotatable bonds is 11. The van der Waals surface area contributed by atoms with Crippen molar-refractivity contribution in [1.82, 2.24) is 19.9 Å². The smallest absolute Gasteiger partial charge is 0.352 e. The molecule has 3 aromatic rings. The number of hydrazine groups is 1. The minimum Gasteiger partial charge on any atom is -0.480 e. The molecular formula is C28H26N8O9S. The number of nitro groups is 1. The summed E-state index contributed by atoms with van der Waals surface area (Å²) in [4.78, 5) is 48.7. The molecule has 0 fully saturated rings. The lowest BCUT2D eigenvalue weighted by atomic mass is 10.0. The number of nitrogens with two attached hydrogens (primary N) is 1. The van der Waals surface area contributed by atoms with Crippen LogP contribution in [-0.4, -0.2) is 81.7 Å². The number of H-pyrrole nitrogens is 1. The van der Waals surface area contributed by atoms with Gasteiger partial charge in [0.05, 0.1) is 28.3 Å². The van der Waals surface area contributed by atoms with E-state index in [1.807, 2.05) is 6.07 Å². The van der Waals surface area contributed by atoms with Crippen molar-refractivity contribution in [2.75, 3.05) is 14.1 Å². The molecule has 1 amide bonds. The second-order valence-corrected chi connectivity index (χ2v) is 10.7. The van der Waals surface area contributed by atoms with Crippen LogP contribution < -0.4 is 15.3 Å². The number of aryl methyl sites for hydroxylation is 1. The van der Waals surface area contributed by atoms with Gasteiger partial charge in [-0.05, 0) is 48.4 Å². The molecule has 0 saturated carbocycles. The van der Waals surface area contributed by atoms with Crippen LogP contribution in [-0.2, 0) is 26.3 Å². The van der Waals surface area contributed by atoms with Gasteiger partial charge in [0.2, 0.25) is 16.2 Å². The SMILES string of the molecule is Cc1ccc(C#N)cc1OC1N=C(C(C=S(=O)=O)C(=O)O)C([N+](=O)[O-])=C(Oc2cc(CC(=O)N(C)C)cc(-c3ncc[nH]3)c2)N1N. The maximum Gasteiger partial charge on any atom is 0.352 e. The lowest BCUT2D eigenvalue weighted by Crippen LogP contribution is -2.51. The molecule has 238 valence electrons. The number of carboxylic acids is 1. The van der Waals surface area contributed by atoms with Gasteiger partial charge in [-0.1, -0.05) is 6.07 Å². The minimum atomic E-state index is -3.09. The average molecular weight is 651 g/mol. The van der Waals surface area contributed by atoms with E-state index in [2.05, 4.69) is 15.0 Å². The number of benzene rings is 2. The van der Waals surface area contributed by atoms with Crippen LogP contribution in [0.4, 0.5) is 0 Å². The Morgan fingerprint density at radius 2 is 2.04 bits per heavy atom. The largest absolute Gasteiger partial charge is 0.480 e. The van der Waals surface area contributed by atoms with Crippen LogP contribution in [0.2, 0.25) is 0 Å². The Morgan fingerprint density at radius 3 is 2.63 bits per heavy atom. The number of hydrogen-bond donors (Lipinski definition) is 3. The molecule has 1 aliphatic rings. The fourth-order valence-corrected chi connectivity index (χ4v) is 4.71. The Hall–Kier alpha value is -6.06. The number of nitrogens with one attached hydrogen (secondary N) is 1.